The molecule has 168 valence electrons. The van der Waals surface area contributed by atoms with E-state index in [1.54, 1.807) is 0 Å². The Morgan fingerprint density at radius 1 is 1.41 bits per heavy atom. The summed E-state index contributed by atoms with van der Waals surface area (Å²) in [6, 6.07) is 10.1. The molecule has 0 aliphatic carbocycles. The number of pyridine rings is 1. The molecule has 1 fully saturated rings. The van der Waals surface area contributed by atoms with Gasteiger partial charge in [-0.25, -0.2) is 9.37 Å². The molecule has 0 radical (unpaired) electrons. The molecule has 1 aromatic carbocycles. The zero-order chi connectivity index (χ0) is 22.7. The number of nitriles is 1. The molecular weight excluding hydrogens is 425 g/mol. The van der Waals surface area contributed by atoms with Gasteiger partial charge in [-0.15, -0.1) is 0 Å². The van der Waals surface area contributed by atoms with Crippen LogP contribution in [0, 0.1) is 17.1 Å². The summed E-state index contributed by atoms with van der Waals surface area (Å²) in [5.41, 5.74) is 3.54. The number of phenolic OH excluding ortho intramolecular Hbond substituents is 1. The van der Waals surface area contributed by atoms with Crippen molar-refractivity contribution in [3.05, 3.63) is 53.0 Å². The van der Waals surface area contributed by atoms with Crippen LogP contribution in [0.15, 0.2) is 35.9 Å². The van der Waals surface area contributed by atoms with E-state index in [2.05, 4.69) is 41.2 Å². The molecule has 2 aromatic rings. The highest BCUT2D eigenvalue weighted by atomic mass is 32.1. The Morgan fingerprint density at radius 2 is 2.25 bits per heavy atom. The maximum absolute atomic E-state index is 13.9. The van der Waals surface area contributed by atoms with Gasteiger partial charge in [0, 0.05) is 23.9 Å². The number of rotatable bonds is 7. The van der Waals surface area contributed by atoms with Crippen molar-refractivity contribution < 1.29 is 9.50 Å². The van der Waals surface area contributed by atoms with E-state index in [-0.39, 0.29) is 17.6 Å². The van der Waals surface area contributed by atoms with Crippen molar-refractivity contribution in [1.29, 1.82) is 5.26 Å². The molecule has 3 N–H and O–H groups in total. The lowest BCUT2D eigenvalue weighted by atomic mass is 10.0. The molecule has 0 amide bonds. The number of phenols is 1. The second kappa shape index (κ2) is 9.70. The van der Waals surface area contributed by atoms with Crippen LogP contribution < -0.4 is 15.5 Å². The highest BCUT2D eigenvalue weighted by Crippen LogP contribution is 2.40. The first kappa shape index (κ1) is 22.3. The smallest absolute Gasteiger partial charge is 0.129 e. The molecule has 3 heterocycles. The van der Waals surface area contributed by atoms with E-state index < -0.39 is 0 Å². The van der Waals surface area contributed by atoms with Crippen LogP contribution in [-0.2, 0) is 0 Å². The summed E-state index contributed by atoms with van der Waals surface area (Å²) in [6.07, 6.45) is 3.59. The lowest BCUT2D eigenvalue weighted by Crippen LogP contribution is -2.27. The summed E-state index contributed by atoms with van der Waals surface area (Å²) < 4.78 is 13.9. The molecule has 32 heavy (non-hydrogen) atoms. The van der Waals surface area contributed by atoms with Crippen LogP contribution >= 0.6 is 12.6 Å². The number of benzene rings is 1. The molecule has 2 aliphatic rings. The minimum atomic E-state index is -0.366. The maximum Gasteiger partial charge on any atom is 0.129 e. The number of halogens is 1. The monoisotopic (exact) mass is 453 g/mol. The van der Waals surface area contributed by atoms with E-state index in [4.69, 9.17) is 4.98 Å². The molecule has 1 aromatic heterocycles. The zero-order valence-corrected chi connectivity index (χ0v) is 19.0. The molecule has 1 unspecified atom stereocenters. The van der Waals surface area contributed by atoms with E-state index in [9.17, 15) is 14.8 Å². The summed E-state index contributed by atoms with van der Waals surface area (Å²) in [7, 11) is 0. The average molecular weight is 454 g/mol. The minimum Gasteiger partial charge on any atom is -0.508 e. The summed E-state index contributed by atoms with van der Waals surface area (Å²) in [5, 5.41) is 27.0. The highest BCUT2D eigenvalue weighted by Gasteiger charge is 2.31. The van der Waals surface area contributed by atoms with E-state index in [0.29, 0.717) is 35.2 Å². The number of aromatic nitrogens is 1. The normalized spacial score (nSPS) is 18.7. The molecule has 0 spiro atoms. The number of thiol groups is 1. The number of hydrogen-bond acceptors (Lipinski definition) is 7. The summed E-state index contributed by atoms with van der Waals surface area (Å²) >= 11 is 4.56. The van der Waals surface area contributed by atoms with Crippen LogP contribution in [0.2, 0.25) is 0 Å². The number of anilines is 2. The molecular formula is C24H28FN5OS. The van der Waals surface area contributed by atoms with Crippen LogP contribution in [-0.4, -0.2) is 35.0 Å². The molecule has 6 nitrogen and oxygen atoms in total. The number of nitrogens with one attached hydrogen (secondary N) is 2. The molecule has 0 bridgehead atoms. The molecule has 8 heteroatoms. The Balaban J connectivity index is 1.65. The number of nitrogens with zero attached hydrogens (tertiary/aromatic N) is 3. The topological polar surface area (TPSA) is 84.2 Å². The van der Waals surface area contributed by atoms with Crippen molar-refractivity contribution in [3.8, 4) is 11.8 Å². The van der Waals surface area contributed by atoms with Crippen LogP contribution in [0.25, 0.3) is 5.70 Å². The average Bonchev–Trinajstić information content (AvgIpc) is 3.29. The van der Waals surface area contributed by atoms with Crippen molar-refractivity contribution in [2.24, 2.45) is 0 Å². The fraction of sp³-hybridized carbons (Fsp3) is 0.417. The van der Waals surface area contributed by atoms with Crippen molar-refractivity contribution in [1.82, 2.24) is 10.3 Å². The number of hydrogen-bond donors (Lipinski definition) is 4. The predicted octanol–water partition coefficient (Wildman–Crippen LogP) is 4.62. The van der Waals surface area contributed by atoms with Gasteiger partial charge >= 0.3 is 0 Å². The van der Waals surface area contributed by atoms with Crippen LogP contribution in [0.3, 0.4) is 0 Å². The van der Waals surface area contributed by atoms with E-state index in [1.165, 1.54) is 18.2 Å². The minimum absolute atomic E-state index is 0.0918. The fourth-order valence-electron chi connectivity index (χ4n) is 4.37. The van der Waals surface area contributed by atoms with E-state index in [1.807, 2.05) is 12.1 Å². The summed E-state index contributed by atoms with van der Waals surface area (Å²) in [4.78, 5) is 7.02. The lowest BCUT2D eigenvalue weighted by molar-refractivity contribution is 0.458. The first-order chi connectivity index (χ1) is 15.5. The molecule has 0 saturated carbocycles. The number of fused-ring (bicyclic) bond motifs is 1. The predicted molar refractivity (Wildman–Crippen MR) is 128 cm³/mol. The second-order valence-electron chi connectivity index (χ2n) is 8.22. The Morgan fingerprint density at radius 3 is 3.03 bits per heavy atom. The van der Waals surface area contributed by atoms with E-state index in [0.717, 1.165) is 49.4 Å². The third-order valence-electron chi connectivity index (χ3n) is 6.16. The second-order valence-corrected chi connectivity index (χ2v) is 8.95. The Kier molecular flexibility index (Phi) is 6.75. The summed E-state index contributed by atoms with van der Waals surface area (Å²) in [6.45, 7) is 4.02. The van der Waals surface area contributed by atoms with Crippen molar-refractivity contribution >= 4 is 29.8 Å². The van der Waals surface area contributed by atoms with Gasteiger partial charge in [0.05, 0.1) is 35.6 Å². The summed E-state index contributed by atoms with van der Waals surface area (Å²) in [5.74, 6) is 0.472. The van der Waals surface area contributed by atoms with Gasteiger partial charge in [-0.1, -0.05) is 6.92 Å². The fourth-order valence-corrected chi connectivity index (χ4v) is 4.50. The van der Waals surface area contributed by atoms with Crippen molar-refractivity contribution in [2.45, 2.75) is 43.9 Å². The lowest BCUT2D eigenvalue weighted by Gasteiger charge is -2.29. The van der Waals surface area contributed by atoms with Crippen LogP contribution in [0.4, 0.5) is 15.9 Å². The standard InChI is InChI=1S/C24H28FN5OS/c1-2-17(32)9-10-27-23-15(13-26)14-28-19-6-8-22(29-24(19)23)30-11-3-4-20(30)18-12-16(25)5-7-21(18)31/h5-8,12,17,20,27-28,31-32H,2-4,9-11,14H2,1H3/t17?,20-/m1/s1. The van der Waals surface area contributed by atoms with Gasteiger partial charge in [0.1, 0.15) is 23.1 Å². The Labute approximate surface area is 193 Å². The molecule has 2 atom stereocenters. The Hall–Kier alpha value is -2.92. The maximum atomic E-state index is 13.9. The van der Waals surface area contributed by atoms with Gasteiger partial charge in [-0.05, 0) is 56.0 Å². The third kappa shape index (κ3) is 4.49. The van der Waals surface area contributed by atoms with E-state index >= 15 is 0 Å². The van der Waals surface area contributed by atoms with Crippen LogP contribution in [0.1, 0.15) is 49.9 Å². The Bertz CT molecular complexity index is 1070. The van der Waals surface area contributed by atoms with Gasteiger partial charge in [0.2, 0.25) is 0 Å². The molecule has 4 rings (SSSR count). The third-order valence-corrected chi connectivity index (χ3v) is 6.78. The van der Waals surface area contributed by atoms with Crippen molar-refractivity contribution in [3.63, 3.8) is 0 Å². The van der Waals surface area contributed by atoms with Gasteiger partial charge < -0.3 is 20.6 Å². The molecule has 1 saturated heterocycles. The quantitative estimate of drug-likeness (QED) is 0.458. The zero-order valence-electron chi connectivity index (χ0n) is 18.1. The van der Waals surface area contributed by atoms with Gasteiger partial charge in [0.25, 0.3) is 0 Å². The SMILES string of the molecule is CCC(S)CCNC1=C(C#N)CNc2ccc(N3CCC[C@@H]3c3cc(F)ccc3O)nc21. The highest BCUT2D eigenvalue weighted by molar-refractivity contribution is 7.80. The van der Waals surface area contributed by atoms with Gasteiger partial charge in [-0.3, -0.25) is 0 Å². The molecule has 2 aliphatic heterocycles. The van der Waals surface area contributed by atoms with Gasteiger partial charge in [-0.2, -0.15) is 17.9 Å². The van der Waals surface area contributed by atoms with Crippen molar-refractivity contribution in [2.75, 3.05) is 29.9 Å². The first-order valence-electron chi connectivity index (χ1n) is 11.1. The largest absolute Gasteiger partial charge is 0.508 e. The van der Waals surface area contributed by atoms with Crippen LogP contribution in [0.5, 0.6) is 5.75 Å². The first-order valence-corrected chi connectivity index (χ1v) is 11.6. The number of aromatic hydroxyl groups is 1. The van der Waals surface area contributed by atoms with Gasteiger partial charge in [0.15, 0.2) is 0 Å².